The van der Waals surface area contributed by atoms with Gasteiger partial charge in [-0.3, -0.25) is 4.79 Å². The molecule has 1 aliphatic carbocycles. The minimum Gasteiger partial charge on any atom is -0.355 e. The first-order valence-electron chi connectivity index (χ1n) is 11.7. The zero-order chi connectivity index (χ0) is 22.2. The molecule has 2 fully saturated rings. The molecule has 170 valence electrons. The number of hydrogen-bond donors (Lipinski definition) is 1. The summed E-state index contributed by atoms with van der Waals surface area (Å²) in [7, 11) is -3.60. The third-order valence-corrected chi connectivity index (χ3v) is 9.19. The van der Waals surface area contributed by atoms with Crippen molar-refractivity contribution in [2.45, 2.75) is 76.7 Å². The summed E-state index contributed by atoms with van der Waals surface area (Å²) in [6.45, 7) is 8.30. The Balaban J connectivity index is 1.30. The summed E-state index contributed by atoms with van der Waals surface area (Å²) in [5.74, 6) is 1.45. The average Bonchev–Trinajstić information content (AvgIpc) is 3.05. The van der Waals surface area contributed by atoms with E-state index in [1.807, 2.05) is 17.0 Å². The lowest BCUT2D eigenvalue weighted by Gasteiger charge is -2.39. The minimum atomic E-state index is -3.60. The van der Waals surface area contributed by atoms with Crippen LogP contribution in [0.1, 0.15) is 71.3 Å². The summed E-state index contributed by atoms with van der Waals surface area (Å²) < 4.78 is 28.7. The smallest absolute Gasteiger partial charge is 0.285 e. The number of carbonyl (C=O) groups is 1. The lowest BCUT2D eigenvalue weighted by atomic mass is 9.69. The quantitative estimate of drug-likeness (QED) is 0.761. The Kier molecular flexibility index (Phi) is 6.16. The molecule has 2 heterocycles. The van der Waals surface area contributed by atoms with Crippen LogP contribution in [-0.2, 0) is 14.8 Å². The number of benzene rings is 1. The SMILES string of the molecule is CCC(C)(C)C1CCC(NC(=O)C2CCN(C3=NS(=O)(=O)c4ccccc43)CC2)CC1. The normalized spacial score (nSPS) is 26.3. The van der Waals surface area contributed by atoms with Crippen LogP contribution in [0.2, 0.25) is 0 Å². The molecule has 6 nitrogen and oxygen atoms in total. The second-order valence-electron chi connectivity index (χ2n) is 10.0. The molecule has 3 aliphatic rings. The second kappa shape index (κ2) is 8.57. The first kappa shape index (κ1) is 22.3. The summed E-state index contributed by atoms with van der Waals surface area (Å²) in [5, 5.41) is 3.31. The predicted molar refractivity (Wildman–Crippen MR) is 122 cm³/mol. The topological polar surface area (TPSA) is 78.8 Å². The highest BCUT2D eigenvalue weighted by atomic mass is 32.2. The molecule has 0 spiro atoms. The van der Waals surface area contributed by atoms with Crippen molar-refractivity contribution < 1.29 is 13.2 Å². The van der Waals surface area contributed by atoms with Crippen LogP contribution in [0.4, 0.5) is 0 Å². The molecule has 1 saturated heterocycles. The van der Waals surface area contributed by atoms with Crippen molar-refractivity contribution in [3.8, 4) is 0 Å². The van der Waals surface area contributed by atoms with Crippen molar-refractivity contribution in [3.63, 3.8) is 0 Å². The third-order valence-electron chi connectivity index (χ3n) is 7.87. The van der Waals surface area contributed by atoms with Gasteiger partial charge in [-0.2, -0.15) is 8.42 Å². The van der Waals surface area contributed by atoms with Crippen molar-refractivity contribution in [2.24, 2.45) is 21.6 Å². The summed E-state index contributed by atoms with van der Waals surface area (Å²) in [4.78, 5) is 15.2. The lowest BCUT2D eigenvalue weighted by molar-refractivity contribution is -0.127. The first-order chi connectivity index (χ1) is 14.7. The van der Waals surface area contributed by atoms with Crippen molar-refractivity contribution in [2.75, 3.05) is 13.1 Å². The molecule has 0 radical (unpaired) electrons. The number of piperidine rings is 1. The summed E-state index contributed by atoms with van der Waals surface area (Å²) in [5.41, 5.74) is 1.06. The number of hydrogen-bond acceptors (Lipinski definition) is 4. The van der Waals surface area contributed by atoms with Gasteiger partial charge in [0.1, 0.15) is 4.90 Å². The second-order valence-corrected chi connectivity index (χ2v) is 11.6. The fourth-order valence-electron chi connectivity index (χ4n) is 5.30. The van der Waals surface area contributed by atoms with Crippen LogP contribution < -0.4 is 5.32 Å². The van der Waals surface area contributed by atoms with E-state index in [-0.39, 0.29) is 16.7 Å². The van der Waals surface area contributed by atoms with E-state index in [2.05, 4.69) is 30.5 Å². The Bertz CT molecular complexity index is 954. The van der Waals surface area contributed by atoms with Gasteiger partial charge in [0.25, 0.3) is 10.0 Å². The molecule has 1 N–H and O–H groups in total. The maximum Gasteiger partial charge on any atom is 0.285 e. The Morgan fingerprint density at radius 1 is 1.10 bits per heavy atom. The number of amidine groups is 1. The van der Waals surface area contributed by atoms with Gasteiger partial charge in [0.2, 0.25) is 5.91 Å². The standard InChI is InChI=1S/C24H35N3O3S/c1-4-24(2,3)18-9-11-19(12-10-18)25-23(28)17-13-15-27(16-14-17)22-20-7-5-6-8-21(20)31(29,30)26-22/h5-8,17-19H,4,9-16H2,1-3H3,(H,25,28). The molecule has 1 amide bonds. The largest absolute Gasteiger partial charge is 0.355 e. The molecule has 0 atom stereocenters. The van der Waals surface area contributed by atoms with Crippen LogP contribution in [0.15, 0.2) is 33.6 Å². The fraction of sp³-hybridized carbons (Fsp3) is 0.667. The van der Waals surface area contributed by atoms with Crippen molar-refractivity contribution in [1.29, 1.82) is 0 Å². The van der Waals surface area contributed by atoms with E-state index in [4.69, 9.17) is 0 Å². The van der Waals surface area contributed by atoms with Crippen LogP contribution in [0.3, 0.4) is 0 Å². The Morgan fingerprint density at radius 2 is 1.74 bits per heavy atom. The summed E-state index contributed by atoms with van der Waals surface area (Å²) in [6.07, 6.45) is 7.19. The molecule has 4 rings (SSSR count). The number of carbonyl (C=O) groups excluding carboxylic acids is 1. The molecular formula is C24H35N3O3S. The molecule has 31 heavy (non-hydrogen) atoms. The van der Waals surface area contributed by atoms with Crippen LogP contribution in [0, 0.1) is 17.3 Å². The zero-order valence-corrected chi connectivity index (χ0v) is 19.7. The van der Waals surface area contributed by atoms with Crippen LogP contribution in [0.5, 0.6) is 0 Å². The molecule has 7 heteroatoms. The minimum absolute atomic E-state index is 0.00471. The molecule has 0 aromatic heterocycles. The fourth-order valence-corrected chi connectivity index (χ4v) is 6.52. The molecule has 2 aliphatic heterocycles. The number of amides is 1. The van der Waals surface area contributed by atoms with E-state index in [1.165, 1.54) is 19.3 Å². The van der Waals surface area contributed by atoms with E-state index in [0.29, 0.717) is 35.9 Å². The number of sulfonamides is 1. The first-order valence-corrected chi connectivity index (χ1v) is 13.1. The molecule has 0 bridgehead atoms. The van der Waals surface area contributed by atoms with Gasteiger partial charge < -0.3 is 10.2 Å². The zero-order valence-electron chi connectivity index (χ0n) is 18.9. The summed E-state index contributed by atoms with van der Waals surface area (Å²) >= 11 is 0. The van der Waals surface area contributed by atoms with Gasteiger partial charge >= 0.3 is 0 Å². The maximum atomic E-state index is 12.9. The lowest BCUT2D eigenvalue weighted by Crippen LogP contribution is -2.46. The Morgan fingerprint density at radius 3 is 2.39 bits per heavy atom. The van der Waals surface area contributed by atoms with E-state index in [0.717, 1.165) is 31.6 Å². The third kappa shape index (κ3) is 4.52. The van der Waals surface area contributed by atoms with Gasteiger partial charge in [-0.15, -0.1) is 4.40 Å². The molecule has 1 aromatic carbocycles. The number of fused-ring (bicyclic) bond motifs is 1. The number of nitrogens with one attached hydrogen (secondary N) is 1. The molecular weight excluding hydrogens is 410 g/mol. The van der Waals surface area contributed by atoms with Crippen LogP contribution >= 0.6 is 0 Å². The predicted octanol–water partition coefficient (Wildman–Crippen LogP) is 3.96. The van der Waals surface area contributed by atoms with Gasteiger partial charge in [-0.05, 0) is 62.0 Å². The van der Waals surface area contributed by atoms with Gasteiger partial charge in [-0.1, -0.05) is 39.3 Å². The number of likely N-dealkylation sites (tertiary alicyclic amines) is 1. The van der Waals surface area contributed by atoms with E-state index in [1.54, 1.807) is 12.1 Å². The average molecular weight is 446 g/mol. The van der Waals surface area contributed by atoms with Crippen molar-refractivity contribution in [3.05, 3.63) is 29.8 Å². The highest BCUT2D eigenvalue weighted by Gasteiger charge is 2.36. The number of rotatable bonds is 4. The Hall–Kier alpha value is -1.89. The van der Waals surface area contributed by atoms with Gasteiger partial charge in [0.05, 0.1) is 0 Å². The van der Waals surface area contributed by atoms with Gasteiger partial charge in [0, 0.05) is 30.6 Å². The van der Waals surface area contributed by atoms with Crippen LogP contribution in [0.25, 0.3) is 0 Å². The monoisotopic (exact) mass is 445 g/mol. The van der Waals surface area contributed by atoms with Gasteiger partial charge in [0.15, 0.2) is 5.84 Å². The summed E-state index contributed by atoms with van der Waals surface area (Å²) in [6, 6.07) is 7.28. The molecule has 1 saturated carbocycles. The van der Waals surface area contributed by atoms with Crippen molar-refractivity contribution in [1.82, 2.24) is 10.2 Å². The van der Waals surface area contributed by atoms with Gasteiger partial charge in [-0.25, -0.2) is 0 Å². The maximum absolute atomic E-state index is 12.9. The van der Waals surface area contributed by atoms with Crippen molar-refractivity contribution >= 4 is 21.8 Å². The van der Waals surface area contributed by atoms with Crippen LogP contribution in [-0.4, -0.2) is 44.2 Å². The van der Waals surface area contributed by atoms with E-state index < -0.39 is 10.0 Å². The Labute approximate surface area is 186 Å². The number of nitrogens with zero attached hydrogens (tertiary/aromatic N) is 2. The highest BCUT2D eigenvalue weighted by Crippen LogP contribution is 2.40. The van der Waals surface area contributed by atoms with E-state index >= 15 is 0 Å². The molecule has 0 unspecified atom stereocenters. The molecule has 1 aromatic rings. The highest BCUT2D eigenvalue weighted by molar-refractivity contribution is 7.90. The van der Waals surface area contributed by atoms with E-state index in [9.17, 15) is 13.2 Å².